The van der Waals surface area contributed by atoms with Gasteiger partial charge >= 0.3 is 0 Å². The van der Waals surface area contributed by atoms with Gasteiger partial charge in [0.2, 0.25) is 0 Å². The van der Waals surface area contributed by atoms with Crippen LogP contribution < -0.4 is 5.48 Å². The Bertz CT molecular complexity index is 280. The molecule has 0 fully saturated rings. The number of hydrogen-bond donors (Lipinski definition) is 1. The quantitative estimate of drug-likeness (QED) is 0.619. The van der Waals surface area contributed by atoms with Gasteiger partial charge in [0.05, 0.1) is 12.1 Å². The monoisotopic (exact) mass is 217 g/mol. The average Bonchev–Trinajstić information content (AvgIpc) is 2.15. The highest BCUT2D eigenvalue weighted by Gasteiger charge is 1.99. The summed E-state index contributed by atoms with van der Waals surface area (Å²) in [6.45, 7) is 0.672. The summed E-state index contributed by atoms with van der Waals surface area (Å²) < 4.78 is 0. The van der Waals surface area contributed by atoms with Gasteiger partial charge in [-0.1, -0.05) is 17.7 Å². The molecule has 0 radical (unpaired) electrons. The van der Waals surface area contributed by atoms with Gasteiger partial charge in [0.25, 0.3) is 0 Å². The zero-order valence-corrected chi connectivity index (χ0v) is 9.21. The van der Waals surface area contributed by atoms with E-state index in [1.165, 1.54) is 0 Å². The minimum absolute atomic E-state index is 0.672. The number of benzene rings is 1. The van der Waals surface area contributed by atoms with Gasteiger partial charge in [-0.05, 0) is 24.0 Å². The molecule has 13 heavy (non-hydrogen) atoms. The van der Waals surface area contributed by atoms with Gasteiger partial charge < -0.3 is 4.84 Å². The zero-order chi connectivity index (χ0) is 9.68. The van der Waals surface area contributed by atoms with Crippen molar-refractivity contribution in [3.63, 3.8) is 0 Å². The topological polar surface area (TPSA) is 21.3 Å². The molecule has 0 aromatic heterocycles. The number of hydrogen-bond acceptors (Lipinski definition) is 3. The molecule has 4 heteroatoms. The Kier molecular flexibility index (Phi) is 4.59. The molecule has 0 heterocycles. The summed E-state index contributed by atoms with van der Waals surface area (Å²) in [4.78, 5) is 5.84. The summed E-state index contributed by atoms with van der Waals surface area (Å²) in [6.07, 6.45) is 2.01. The molecule has 1 aromatic rings. The van der Waals surface area contributed by atoms with E-state index in [0.29, 0.717) is 6.54 Å². The van der Waals surface area contributed by atoms with Gasteiger partial charge in [0.1, 0.15) is 0 Å². The van der Waals surface area contributed by atoms with E-state index >= 15 is 0 Å². The Hall–Kier alpha value is -0.220. The molecular weight excluding hydrogens is 206 g/mol. The molecule has 0 aliphatic rings. The van der Waals surface area contributed by atoms with Crippen LogP contribution in [0.1, 0.15) is 5.56 Å². The number of hydroxylamine groups is 1. The fourth-order valence-electron chi connectivity index (χ4n) is 0.975. The third-order valence-electron chi connectivity index (χ3n) is 1.64. The maximum absolute atomic E-state index is 6.02. The molecule has 0 bridgehead atoms. The number of halogens is 1. The molecule has 1 rings (SSSR count). The van der Waals surface area contributed by atoms with E-state index in [4.69, 9.17) is 16.4 Å². The highest BCUT2D eigenvalue weighted by atomic mass is 35.5. The molecule has 0 aliphatic carbocycles. The van der Waals surface area contributed by atoms with E-state index < -0.39 is 0 Å². The van der Waals surface area contributed by atoms with Crippen LogP contribution >= 0.6 is 23.4 Å². The fraction of sp³-hybridized carbons (Fsp3) is 0.333. The summed E-state index contributed by atoms with van der Waals surface area (Å²) in [7, 11) is 1.60. The first-order valence-corrected chi connectivity index (χ1v) is 5.46. The predicted molar refractivity (Wildman–Crippen MR) is 57.1 cm³/mol. The lowest BCUT2D eigenvalue weighted by Crippen LogP contribution is -2.10. The van der Waals surface area contributed by atoms with Crippen LogP contribution in [-0.4, -0.2) is 13.4 Å². The van der Waals surface area contributed by atoms with Gasteiger partial charge in [0, 0.05) is 11.4 Å². The van der Waals surface area contributed by atoms with E-state index in [1.807, 2.05) is 24.5 Å². The normalized spacial score (nSPS) is 10.4. The molecule has 0 spiro atoms. The Balaban J connectivity index is 2.71. The van der Waals surface area contributed by atoms with Crippen LogP contribution in [0.15, 0.2) is 23.1 Å². The second-order valence-electron chi connectivity index (χ2n) is 2.49. The molecule has 1 N–H and O–H groups in total. The second kappa shape index (κ2) is 5.50. The SMILES string of the molecule is CONCc1ccc(SC)c(Cl)c1. The van der Waals surface area contributed by atoms with Crippen LogP contribution in [0.2, 0.25) is 5.02 Å². The number of rotatable bonds is 4. The van der Waals surface area contributed by atoms with Crippen LogP contribution in [0.5, 0.6) is 0 Å². The van der Waals surface area contributed by atoms with Crippen molar-refractivity contribution in [2.24, 2.45) is 0 Å². The molecule has 2 nitrogen and oxygen atoms in total. The van der Waals surface area contributed by atoms with Crippen LogP contribution in [0.25, 0.3) is 0 Å². The highest BCUT2D eigenvalue weighted by Crippen LogP contribution is 2.25. The molecule has 0 aliphatic heterocycles. The molecule has 0 amide bonds. The highest BCUT2D eigenvalue weighted by molar-refractivity contribution is 7.98. The van der Waals surface area contributed by atoms with Crippen molar-refractivity contribution in [1.82, 2.24) is 5.48 Å². The van der Waals surface area contributed by atoms with Crippen molar-refractivity contribution in [3.8, 4) is 0 Å². The van der Waals surface area contributed by atoms with E-state index in [2.05, 4.69) is 5.48 Å². The summed E-state index contributed by atoms with van der Waals surface area (Å²) in [5.41, 5.74) is 3.88. The lowest BCUT2D eigenvalue weighted by molar-refractivity contribution is 0.0867. The Morgan fingerprint density at radius 3 is 2.85 bits per heavy atom. The molecule has 0 unspecified atom stereocenters. The van der Waals surface area contributed by atoms with Gasteiger partial charge in [-0.3, -0.25) is 0 Å². The first-order valence-electron chi connectivity index (χ1n) is 3.86. The maximum atomic E-state index is 6.02. The molecule has 0 atom stereocenters. The molecular formula is C9H12ClNOS. The van der Waals surface area contributed by atoms with Gasteiger partial charge in [0.15, 0.2) is 0 Å². The largest absolute Gasteiger partial charge is 0.305 e. The van der Waals surface area contributed by atoms with Crippen LogP contribution in [0.3, 0.4) is 0 Å². The van der Waals surface area contributed by atoms with Crippen molar-refractivity contribution < 1.29 is 4.84 Å². The number of thioether (sulfide) groups is 1. The molecule has 72 valence electrons. The fourth-order valence-corrected chi connectivity index (χ4v) is 1.87. The van der Waals surface area contributed by atoms with Crippen LogP contribution in [-0.2, 0) is 11.4 Å². The van der Waals surface area contributed by atoms with Crippen molar-refractivity contribution >= 4 is 23.4 Å². The summed E-state index contributed by atoms with van der Waals surface area (Å²) in [6, 6.07) is 5.99. The molecule has 1 aromatic carbocycles. The summed E-state index contributed by atoms with van der Waals surface area (Å²) in [5.74, 6) is 0. The minimum atomic E-state index is 0.672. The second-order valence-corrected chi connectivity index (χ2v) is 3.75. The van der Waals surface area contributed by atoms with E-state index in [1.54, 1.807) is 18.9 Å². The summed E-state index contributed by atoms with van der Waals surface area (Å²) >= 11 is 7.66. The van der Waals surface area contributed by atoms with Crippen molar-refractivity contribution in [1.29, 1.82) is 0 Å². The first kappa shape index (κ1) is 10.9. The Morgan fingerprint density at radius 2 is 2.31 bits per heavy atom. The van der Waals surface area contributed by atoms with E-state index in [-0.39, 0.29) is 0 Å². The van der Waals surface area contributed by atoms with Crippen molar-refractivity contribution in [3.05, 3.63) is 28.8 Å². The van der Waals surface area contributed by atoms with E-state index in [9.17, 15) is 0 Å². The third kappa shape index (κ3) is 3.19. The molecule has 0 saturated heterocycles. The van der Waals surface area contributed by atoms with Crippen molar-refractivity contribution in [2.75, 3.05) is 13.4 Å². The number of nitrogens with one attached hydrogen (secondary N) is 1. The van der Waals surface area contributed by atoms with Crippen LogP contribution in [0.4, 0.5) is 0 Å². The maximum Gasteiger partial charge on any atom is 0.0572 e. The summed E-state index contributed by atoms with van der Waals surface area (Å²) in [5, 5.41) is 0.794. The Labute approximate surface area is 87.6 Å². The smallest absolute Gasteiger partial charge is 0.0572 e. The standard InChI is InChI=1S/C9H12ClNOS/c1-12-11-6-7-3-4-9(13-2)8(10)5-7/h3-5,11H,6H2,1-2H3. The van der Waals surface area contributed by atoms with E-state index in [0.717, 1.165) is 15.5 Å². The zero-order valence-electron chi connectivity index (χ0n) is 7.63. The van der Waals surface area contributed by atoms with Gasteiger partial charge in [-0.2, -0.15) is 5.48 Å². The first-order chi connectivity index (χ1) is 6.27. The predicted octanol–water partition coefficient (Wildman–Crippen LogP) is 2.71. The van der Waals surface area contributed by atoms with Crippen LogP contribution in [0, 0.1) is 0 Å². The lowest BCUT2D eigenvalue weighted by Gasteiger charge is -2.05. The average molecular weight is 218 g/mol. The van der Waals surface area contributed by atoms with Crippen molar-refractivity contribution in [2.45, 2.75) is 11.4 Å². The molecule has 0 saturated carbocycles. The lowest BCUT2D eigenvalue weighted by atomic mass is 10.2. The van der Waals surface area contributed by atoms with Gasteiger partial charge in [-0.15, -0.1) is 11.8 Å². The van der Waals surface area contributed by atoms with Gasteiger partial charge in [-0.25, -0.2) is 0 Å². The Morgan fingerprint density at radius 1 is 1.54 bits per heavy atom. The minimum Gasteiger partial charge on any atom is -0.305 e. The third-order valence-corrected chi connectivity index (χ3v) is 2.86.